The fourth-order valence-electron chi connectivity index (χ4n) is 3.13. The Balaban J connectivity index is 1.79. The van der Waals surface area contributed by atoms with Crippen LogP contribution in [-0.4, -0.2) is 16.8 Å². The molecule has 3 rings (SSSR count). The van der Waals surface area contributed by atoms with Crippen LogP contribution >= 0.6 is 0 Å². The third-order valence-electron chi connectivity index (χ3n) is 4.36. The number of aromatic nitrogens is 1. The molecule has 1 aromatic heterocycles. The molecular weight excluding hydrogens is 302 g/mol. The number of nitrogens with one attached hydrogen (secondary N) is 1. The summed E-state index contributed by atoms with van der Waals surface area (Å²) >= 11 is 0. The smallest absolute Gasteiger partial charge is 0.232 e. The van der Waals surface area contributed by atoms with E-state index in [0.717, 1.165) is 30.5 Å². The topological polar surface area (TPSA) is 85.1 Å². The zero-order valence-corrected chi connectivity index (χ0v) is 13.5. The number of nitrogens with zero attached hydrogens (tertiary/aromatic N) is 1. The van der Waals surface area contributed by atoms with Gasteiger partial charge in [0.05, 0.1) is 17.8 Å². The lowest BCUT2D eigenvalue weighted by atomic mass is 9.94. The van der Waals surface area contributed by atoms with Gasteiger partial charge in [0.1, 0.15) is 0 Å². The first-order valence-corrected chi connectivity index (χ1v) is 8.25. The van der Waals surface area contributed by atoms with Crippen LogP contribution in [0.25, 0.3) is 0 Å². The van der Waals surface area contributed by atoms with Crippen LogP contribution in [0.2, 0.25) is 0 Å². The lowest BCUT2D eigenvalue weighted by molar-refractivity contribution is -0.123. The largest absolute Gasteiger partial charge is 0.370 e. The van der Waals surface area contributed by atoms with Crippen molar-refractivity contribution in [2.75, 3.05) is 5.32 Å². The normalized spacial score (nSPS) is 14.5. The first-order valence-electron chi connectivity index (χ1n) is 8.25. The average Bonchev–Trinajstić information content (AvgIpc) is 2.60. The molecule has 1 aliphatic rings. The van der Waals surface area contributed by atoms with Gasteiger partial charge in [-0.2, -0.15) is 0 Å². The van der Waals surface area contributed by atoms with Crippen molar-refractivity contribution < 1.29 is 9.59 Å². The molecule has 0 fully saturated rings. The Labute approximate surface area is 141 Å². The maximum atomic E-state index is 12.7. The number of carbonyl (C=O) groups excluding carboxylic acids is 2. The Morgan fingerprint density at radius 2 is 1.92 bits per heavy atom. The average molecular weight is 323 g/mol. The SMILES string of the molecule is NC(=O)CC(C(=O)Nc1cnc2c(c1)CCCC2)c1ccccc1. The number of aryl methyl sites for hydroxylation is 2. The molecule has 1 unspecified atom stereocenters. The van der Waals surface area contributed by atoms with Crippen molar-refractivity contribution in [3.05, 3.63) is 59.4 Å². The molecule has 3 N–H and O–H groups in total. The molecule has 1 atom stereocenters. The minimum absolute atomic E-state index is 0.0196. The van der Waals surface area contributed by atoms with Crippen LogP contribution in [-0.2, 0) is 22.4 Å². The van der Waals surface area contributed by atoms with E-state index in [1.54, 1.807) is 6.20 Å². The van der Waals surface area contributed by atoms with E-state index in [1.807, 2.05) is 36.4 Å². The summed E-state index contributed by atoms with van der Waals surface area (Å²) in [5.74, 6) is -1.33. The maximum absolute atomic E-state index is 12.7. The third-order valence-corrected chi connectivity index (χ3v) is 4.36. The van der Waals surface area contributed by atoms with Crippen LogP contribution in [0.4, 0.5) is 5.69 Å². The van der Waals surface area contributed by atoms with Crippen molar-refractivity contribution in [2.45, 2.75) is 38.0 Å². The number of primary amides is 1. The Morgan fingerprint density at radius 1 is 1.17 bits per heavy atom. The number of pyridine rings is 1. The summed E-state index contributed by atoms with van der Waals surface area (Å²) in [4.78, 5) is 28.5. The Morgan fingerprint density at radius 3 is 2.67 bits per heavy atom. The second-order valence-corrected chi connectivity index (χ2v) is 6.16. The van der Waals surface area contributed by atoms with Gasteiger partial charge in [-0.15, -0.1) is 0 Å². The van der Waals surface area contributed by atoms with Crippen molar-refractivity contribution in [3.63, 3.8) is 0 Å². The summed E-state index contributed by atoms with van der Waals surface area (Å²) in [5.41, 5.74) is 9.09. The molecule has 5 nitrogen and oxygen atoms in total. The predicted molar refractivity (Wildman–Crippen MR) is 92.5 cm³/mol. The van der Waals surface area contributed by atoms with Gasteiger partial charge < -0.3 is 11.1 Å². The minimum atomic E-state index is -0.597. The number of hydrogen-bond acceptors (Lipinski definition) is 3. The summed E-state index contributed by atoms with van der Waals surface area (Å²) in [6, 6.07) is 11.2. The molecule has 0 bridgehead atoms. The van der Waals surface area contributed by atoms with Gasteiger partial charge in [0, 0.05) is 12.1 Å². The highest BCUT2D eigenvalue weighted by molar-refractivity contribution is 5.98. The van der Waals surface area contributed by atoms with Crippen molar-refractivity contribution in [2.24, 2.45) is 5.73 Å². The number of fused-ring (bicyclic) bond motifs is 1. The Kier molecular flexibility index (Phi) is 4.89. The molecule has 1 aliphatic carbocycles. The molecule has 1 heterocycles. The molecule has 0 spiro atoms. The van der Waals surface area contributed by atoms with E-state index in [0.29, 0.717) is 5.69 Å². The van der Waals surface area contributed by atoms with Crippen molar-refractivity contribution in [3.8, 4) is 0 Å². The van der Waals surface area contributed by atoms with Crippen LogP contribution in [0.3, 0.4) is 0 Å². The number of carbonyl (C=O) groups is 2. The van der Waals surface area contributed by atoms with Gasteiger partial charge in [0.2, 0.25) is 11.8 Å². The third kappa shape index (κ3) is 3.79. The summed E-state index contributed by atoms with van der Waals surface area (Å²) in [5, 5.41) is 2.89. The molecule has 1 aromatic carbocycles. The number of anilines is 1. The summed E-state index contributed by atoms with van der Waals surface area (Å²) < 4.78 is 0. The standard InChI is InChI=1S/C19H21N3O2/c20-18(23)11-16(13-6-2-1-3-7-13)19(24)22-15-10-14-8-4-5-9-17(14)21-12-15/h1-3,6-7,10,12,16H,4-5,8-9,11H2,(H2,20,23)(H,22,24). The molecule has 5 heteroatoms. The maximum Gasteiger partial charge on any atom is 0.232 e. The van der Waals surface area contributed by atoms with Crippen molar-refractivity contribution in [1.29, 1.82) is 0 Å². The molecular formula is C19H21N3O2. The van der Waals surface area contributed by atoms with E-state index in [2.05, 4.69) is 10.3 Å². The first-order chi connectivity index (χ1) is 11.6. The lowest BCUT2D eigenvalue weighted by Gasteiger charge is -2.18. The minimum Gasteiger partial charge on any atom is -0.370 e. The fraction of sp³-hybridized carbons (Fsp3) is 0.316. The van der Waals surface area contributed by atoms with E-state index in [9.17, 15) is 9.59 Å². The Hall–Kier alpha value is -2.69. The number of amides is 2. The van der Waals surface area contributed by atoms with Crippen molar-refractivity contribution in [1.82, 2.24) is 4.98 Å². The predicted octanol–water partition coefficient (Wildman–Crippen LogP) is 2.56. The summed E-state index contributed by atoms with van der Waals surface area (Å²) in [7, 11) is 0. The van der Waals surface area contributed by atoms with Gasteiger partial charge in [0.15, 0.2) is 0 Å². The van der Waals surface area contributed by atoms with Gasteiger partial charge in [-0.25, -0.2) is 0 Å². The molecule has 2 amide bonds. The quantitative estimate of drug-likeness (QED) is 0.887. The van der Waals surface area contributed by atoms with Gasteiger partial charge in [-0.05, 0) is 42.9 Å². The number of nitrogens with two attached hydrogens (primary N) is 1. The molecule has 0 saturated carbocycles. The highest BCUT2D eigenvalue weighted by Crippen LogP contribution is 2.24. The van der Waals surface area contributed by atoms with Crippen LogP contribution in [0.1, 0.15) is 42.0 Å². The zero-order valence-electron chi connectivity index (χ0n) is 13.5. The second-order valence-electron chi connectivity index (χ2n) is 6.16. The fourth-order valence-corrected chi connectivity index (χ4v) is 3.13. The summed E-state index contributed by atoms with van der Waals surface area (Å²) in [6.07, 6.45) is 5.98. The van der Waals surface area contributed by atoms with Gasteiger partial charge in [0.25, 0.3) is 0 Å². The first kappa shape index (κ1) is 16.2. The number of benzene rings is 1. The van der Waals surface area contributed by atoms with Gasteiger partial charge in [-0.3, -0.25) is 14.6 Å². The highest BCUT2D eigenvalue weighted by Gasteiger charge is 2.23. The van der Waals surface area contributed by atoms with Crippen molar-refractivity contribution >= 4 is 17.5 Å². The van der Waals surface area contributed by atoms with Gasteiger partial charge >= 0.3 is 0 Å². The molecule has 2 aromatic rings. The second kappa shape index (κ2) is 7.25. The zero-order chi connectivity index (χ0) is 16.9. The van der Waals surface area contributed by atoms with E-state index in [-0.39, 0.29) is 12.3 Å². The van der Waals surface area contributed by atoms with E-state index >= 15 is 0 Å². The van der Waals surface area contributed by atoms with E-state index in [1.165, 1.54) is 12.0 Å². The lowest BCUT2D eigenvalue weighted by Crippen LogP contribution is -2.26. The van der Waals surface area contributed by atoms with Crippen LogP contribution in [0, 0.1) is 0 Å². The van der Waals surface area contributed by atoms with E-state index < -0.39 is 11.8 Å². The monoisotopic (exact) mass is 323 g/mol. The van der Waals surface area contributed by atoms with Crippen LogP contribution in [0.15, 0.2) is 42.6 Å². The molecule has 0 saturated heterocycles. The number of rotatable bonds is 5. The molecule has 124 valence electrons. The molecule has 24 heavy (non-hydrogen) atoms. The van der Waals surface area contributed by atoms with Crippen LogP contribution in [0.5, 0.6) is 0 Å². The summed E-state index contributed by atoms with van der Waals surface area (Å²) in [6.45, 7) is 0. The molecule has 0 radical (unpaired) electrons. The van der Waals surface area contributed by atoms with E-state index in [4.69, 9.17) is 5.73 Å². The highest BCUT2D eigenvalue weighted by atomic mass is 16.2. The molecule has 0 aliphatic heterocycles. The number of hydrogen-bond donors (Lipinski definition) is 2. The Bertz CT molecular complexity index is 744. The van der Waals surface area contributed by atoms with Gasteiger partial charge in [-0.1, -0.05) is 30.3 Å². The van der Waals surface area contributed by atoms with Crippen LogP contribution < -0.4 is 11.1 Å².